The van der Waals surface area contributed by atoms with E-state index in [2.05, 4.69) is 22.6 Å². The molecule has 0 spiro atoms. The summed E-state index contributed by atoms with van der Waals surface area (Å²) in [6, 6.07) is 7.34. The summed E-state index contributed by atoms with van der Waals surface area (Å²) >= 11 is 10.3. The smallest absolute Gasteiger partial charge is 0.160 e. The topological polar surface area (TPSA) is 25.8 Å². The highest BCUT2D eigenvalue weighted by molar-refractivity contribution is 7.80. The monoisotopic (exact) mass is 222 g/mol. The Balaban J connectivity index is 2.58. The van der Waals surface area contributed by atoms with Crippen LogP contribution in [0, 0.1) is 0 Å². The molecule has 1 aromatic heterocycles. The minimum Gasteiger partial charge on any atom is -0.237 e. The summed E-state index contributed by atoms with van der Waals surface area (Å²) in [6.45, 7) is 0. The van der Waals surface area contributed by atoms with Crippen molar-refractivity contribution in [2.45, 2.75) is 4.90 Å². The van der Waals surface area contributed by atoms with Gasteiger partial charge in [-0.05, 0) is 18.2 Å². The predicted molar refractivity (Wildman–Crippen MR) is 59.7 cm³/mol. The highest BCUT2D eigenvalue weighted by atomic mass is 35.5. The number of thiol groups is 1. The van der Waals surface area contributed by atoms with E-state index in [0.717, 1.165) is 10.5 Å². The van der Waals surface area contributed by atoms with E-state index in [1.54, 1.807) is 18.5 Å². The predicted octanol–water partition coefficient (Wildman–Crippen LogP) is 3.09. The van der Waals surface area contributed by atoms with Crippen molar-refractivity contribution < 1.29 is 0 Å². The lowest BCUT2D eigenvalue weighted by atomic mass is 10.2. The van der Waals surface area contributed by atoms with E-state index < -0.39 is 0 Å². The van der Waals surface area contributed by atoms with Crippen LogP contribution in [-0.2, 0) is 0 Å². The van der Waals surface area contributed by atoms with Crippen LogP contribution in [0.1, 0.15) is 0 Å². The zero-order valence-corrected chi connectivity index (χ0v) is 8.83. The fourth-order valence-corrected chi connectivity index (χ4v) is 1.55. The van der Waals surface area contributed by atoms with Crippen LogP contribution in [0.5, 0.6) is 0 Å². The minimum absolute atomic E-state index is 0.585. The van der Waals surface area contributed by atoms with Gasteiger partial charge in [-0.1, -0.05) is 17.7 Å². The number of aromatic nitrogens is 2. The Morgan fingerprint density at radius 1 is 1.07 bits per heavy atom. The number of rotatable bonds is 1. The molecule has 2 aromatic rings. The maximum absolute atomic E-state index is 6.07. The Bertz CT molecular complexity index is 445. The van der Waals surface area contributed by atoms with Gasteiger partial charge >= 0.3 is 0 Å². The second-order valence-corrected chi connectivity index (χ2v) is 3.57. The van der Waals surface area contributed by atoms with Gasteiger partial charge in [-0.15, -0.1) is 12.6 Å². The molecule has 0 atom stereocenters. The molecule has 0 aliphatic heterocycles. The molecule has 0 N–H and O–H groups in total. The molecule has 14 heavy (non-hydrogen) atoms. The molecule has 2 nitrogen and oxygen atoms in total. The van der Waals surface area contributed by atoms with E-state index in [9.17, 15) is 0 Å². The van der Waals surface area contributed by atoms with Crippen LogP contribution in [0.4, 0.5) is 0 Å². The first-order chi connectivity index (χ1) is 6.79. The number of hydrogen-bond acceptors (Lipinski definition) is 3. The van der Waals surface area contributed by atoms with Gasteiger partial charge in [0, 0.05) is 22.9 Å². The summed E-state index contributed by atoms with van der Waals surface area (Å²) in [5.74, 6) is 0.619. The average molecular weight is 223 g/mol. The van der Waals surface area contributed by atoms with Crippen molar-refractivity contribution in [3.63, 3.8) is 0 Å². The Morgan fingerprint density at radius 3 is 2.50 bits per heavy atom. The van der Waals surface area contributed by atoms with Crippen molar-refractivity contribution in [1.29, 1.82) is 0 Å². The van der Waals surface area contributed by atoms with Crippen LogP contribution in [0.25, 0.3) is 11.4 Å². The van der Waals surface area contributed by atoms with E-state index in [-0.39, 0.29) is 0 Å². The quantitative estimate of drug-likeness (QED) is 0.751. The minimum atomic E-state index is 0.585. The Labute approximate surface area is 92.4 Å². The van der Waals surface area contributed by atoms with Gasteiger partial charge in [0.15, 0.2) is 5.82 Å². The molecule has 0 saturated carbocycles. The largest absolute Gasteiger partial charge is 0.237 e. The summed E-state index contributed by atoms with van der Waals surface area (Å²) < 4.78 is 0. The number of nitrogens with zero attached hydrogens (tertiary/aromatic N) is 2. The Hall–Kier alpha value is -1.06. The van der Waals surface area contributed by atoms with Gasteiger partial charge in [0.2, 0.25) is 0 Å². The van der Waals surface area contributed by atoms with E-state index >= 15 is 0 Å². The maximum atomic E-state index is 6.07. The van der Waals surface area contributed by atoms with E-state index in [0.29, 0.717) is 10.8 Å². The Kier molecular flexibility index (Phi) is 2.70. The fourth-order valence-electron chi connectivity index (χ4n) is 1.13. The Morgan fingerprint density at radius 2 is 1.79 bits per heavy atom. The number of halogens is 1. The molecule has 1 heterocycles. The third kappa shape index (κ3) is 1.74. The highest BCUT2D eigenvalue weighted by Gasteiger charge is 2.06. The van der Waals surface area contributed by atoms with Gasteiger partial charge in [0.1, 0.15) is 0 Å². The zero-order chi connectivity index (χ0) is 9.97. The van der Waals surface area contributed by atoms with E-state index in [1.807, 2.05) is 18.2 Å². The van der Waals surface area contributed by atoms with E-state index in [1.165, 1.54) is 0 Å². The molecular weight excluding hydrogens is 216 g/mol. The molecule has 70 valence electrons. The van der Waals surface area contributed by atoms with Crippen molar-refractivity contribution in [3.8, 4) is 11.4 Å². The standard InChI is InChI=1S/C10H7ClN2S/c11-9-7(3-1-4-8(9)14)10-12-5-2-6-13-10/h1-6,14H. The van der Waals surface area contributed by atoms with Crippen molar-refractivity contribution in [2.75, 3.05) is 0 Å². The SMILES string of the molecule is Sc1cccc(-c2ncccn2)c1Cl. The van der Waals surface area contributed by atoms with Crippen LogP contribution in [0.15, 0.2) is 41.6 Å². The van der Waals surface area contributed by atoms with Crippen LogP contribution in [0.2, 0.25) is 5.02 Å². The molecule has 0 bridgehead atoms. The van der Waals surface area contributed by atoms with Crippen LogP contribution in [0.3, 0.4) is 0 Å². The molecule has 1 aromatic carbocycles. The van der Waals surface area contributed by atoms with E-state index in [4.69, 9.17) is 11.6 Å². The third-order valence-corrected chi connectivity index (χ3v) is 2.70. The lowest BCUT2D eigenvalue weighted by Crippen LogP contribution is -1.87. The summed E-state index contributed by atoms with van der Waals surface area (Å²) in [6.07, 6.45) is 3.37. The second-order valence-electron chi connectivity index (χ2n) is 2.71. The second kappa shape index (κ2) is 3.98. The average Bonchev–Trinajstić information content (AvgIpc) is 2.23. The first kappa shape index (κ1) is 9.49. The van der Waals surface area contributed by atoms with Crippen molar-refractivity contribution in [1.82, 2.24) is 9.97 Å². The van der Waals surface area contributed by atoms with Crippen molar-refractivity contribution in [2.24, 2.45) is 0 Å². The van der Waals surface area contributed by atoms with Gasteiger partial charge in [0.05, 0.1) is 5.02 Å². The summed E-state index contributed by atoms with van der Waals surface area (Å²) in [5, 5.41) is 0.585. The first-order valence-corrected chi connectivity index (χ1v) is 4.86. The summed E-state index contributed by atoms with van der Waals surface area (Å²) in [5.41, 5.74) is 0.805. The lowest BCUT2D eigenvalue weighted by Gasteiger charge is -2.03. The summed E-state index contributed by atoms with van der Waals surface area (Å²) in [7, 11) is 0. The van der Waals surface area contributed by atoms with Gasteiger partial charge in [-0.25, -0.2) is 9.97 Å². The highest BCUT2D eigenvalue weighted by Crippen LogP contribution is 2.29. The van der Waals surface area contributed by atoms with Gasteiger partial charge in [-0.3, -0.25) is 0 Å². The molecule has 0 amide bonds. The van der Waals surface area contributed by atoms with Crippen molar-refractivity contribution in [3.05, 3.63) is 41.7 Å². The van der Waals surface area contributed by atoms with Crippen LogP contribution < -0.4 is 0 Å². The number of hydrogen-bond donors (Lipinski definition) is 1. The molecule has 0 unspecified atom stereocenters. The van der Waals surface area contributed by atoms with Crippen molar-refractivity contribution >= 4 is 24.2 Å². The molecular formula is C10H7ClN2S. The van der Waals surface area contributed by atoms with Gasteiger partial charge in [0.25, 0.3) is 0 Å². The molecule has 4 heteroatoms. The maximum Gasteiger partial charge on any atom is 0.160 e. The lowest BCUT2D eigenvalue weighted by molar-refractivity contribution is 1.17. The molecule has 0 aliphatic carbocycles. The van der Waals surface area contributed by atoms with Gasteiger partial charge < -0.3 is 0 Å². The molecule has 0 fully saturated rings. The molecule has 0 saturated heterocycles. The van der Waals surface area contributed by atoms with Crippen LogP contribution in [-0.4, -0.2) is 9.97 Å². The molecule has 0 aliphatic rings. The zero-order valence-electron chi connectivity index (χ0n) is 7.18. The normalized spacial score (nSPS) is 10.1. The molecule has 0 radical (unpaired) electrons. The third-order valence-electron chi connectivity index (χ3n) is 1.79. The summed E-state index contributed by atoms with van der Waals surface area (Å²) in [4.78, 5) is 8.98. The molecule has 2 rings (SSSR count). The fraction of sp³-hybridized carbons (Fsp3) is 0. The van der Waals surface area contributed by atoms with Gasteiger partial charge in [-0.2, -0.15) is 0 Å². The van der Waals surface area contributed by atoms with Crippen LogP contribution >= 0.6 is 24.2 Å². The number of benzene rings is 1. The first-order valence-electron chi connectivity index (χ1n) is 4.04.